The molecular formula is C15H15ClN2O2. The van der Waals surface area contributed by atoms with Gasteiger partial charge in [0.1, 0.15) is 5.75 Å². The largest absolute Gasteiger partial charge is 0.497 e. The normalized spacial score (nSPS) is 10.2. The SMILES string of the molecule is COc1ccc(NC(=O)c2cnc(C)cc2Cl)c(C)c1. The molecule has 1 amide bonds. The Morgan fingerprint density at radius 3 is 2.65 bits per heavy atom. The number of rotatable bonds is 3. The summed E-state index contributed by atoms with van der Waals surface area (Å²) in [6.07, 6.45) is 1.48. The first-order valence-electron chi connectivity index (χ1n) is 6.09. The third kappa shape index (κ3) is 3.08. The maximum Gasteiger partial charge on any atom is 0.258 e. The van der Waals surface area contributed by atoms with Gasteiger partial charge in [-0.1, -0.05) is 11.6 Å². The van der Waals surface area contributed by atoms with Crippen molar-refractivity contribution in [3.05, 3.63) is 52.3 Å². The quantitative estimate of drug-likeness (QED) is 0.939. The molecule has 0 saturated carbocycles. The number of nitrogens with zero attached hydrogens (tertiary/aromatic N) is 1. The first-order valence-corrected chi connectivity index (χ1v) is 6.47. The highest BCUT2D eigenvalue weighted by Gasteiger charge is 2.12. The Labute approximate surface area is 122 Å². The zero-order chi connectivity index (χ0) is 14.7. The molecule has 0 radical (unpaired) electrons. The second kappa shape index (κ2) is 5.92. The van der Waals surface area contributed by atoms with Gasteiger partial charge in [-0.05, 0) is 43.7 Å². The molecule has 0 aliphatic heterocycles. The van der Waals surface area contributed by atoms with E-state index in [2.05, 4.69) is 10.3 Å². The molecule has 2 rings (SSSR count). The molecular weight excluding hydrogens is 276 g/mol. The minimum absolute atomic E-state index is 0.282. The highest BCUT2D eigenvalue weighted by atomic mass is 35.5. The van der Waals surface area contributed by atoms with Crippen molar-refractivity contribution >= 4 is 23.2 Å². The molecule has 2 aromatic rings. The molecule has 1 aromatic carbocycles. The molecule has 1 N–H and O–H groups in total. The van der Waals surface area contributed by atoms with Gasteiger partial charge in [-0.15, -0.1) is 0 Å². The molecule has 20 heavy (non-hydrogen) atoms. The van der Waals surface area contributed by atoms with E-state index in [9.17, 15) is 4.79 Å². The maximum atomic E-state index is 12.2. The Bertz CT molecular complexity index is 656. The number of carbonyl (C=O) groups is 1. The van der Waals surface area contributed by atoms with Crippen LogP contribution in [0.1, 0.15) is 21.6 Å². The van der Waals surface area contributed by atoms with Gasteiger partial charge in [0.15, 0.2) is 0 Å². The number of amides is 1. The topological polar surface area (TPSA) is 51.2 Å². The zero-order valence-corrected chi connectivity index (χ0v) is 12.3. The summed E-state index contributed by atoms with van der Waals surface area (Å²) >= 11 is 6.06. The fourth-order valence-electron chi connectivity index (χ4n) is 1.79. The summed E-state index contributed by atoms with van der Waals surface area (Å²) in [5.41, 5.74) is 2.75. The Kier molecular flexibility index (Phi) is 4.25. The summed E-state index contributed by atoms with van der Waals surface area (Å²) in [4.78, 5) is 16.3. The first-order chi connectivity index (χ1) is 9.51. The minimum atomic E-state index is -0.282. The van der Waals surface area contributed by atoms with Crippen molar-refractivity contribution in [2.75, 3.05) is 12.4 Å². The van der Waals surface area contributed by atoms with E-state index in [1.807, 2.05) is 19.9 Å². The molecule has 0 atom stereocenters. The van der Waals surface area contributed by atoms with E-state index in [0.717, 1.165) is 17.0 Å². The van der Waals surface area contributed by atoms with Crippen LogP contribution in [0, 0.1) is 13.8 Å². The van der Waals surface area contributed by atoms with Crippen molar-refractivity contribution in [2.45, 2.75) is 13.8 Å². The number of halogens is 1. The fourth-order valence-corrected chi connectivity index (χ4v) is 2.08. The lowest BCUT2D eigenvalue weighted by molar-refractivity contribution is 0.102. The van der Waals surface area contributed by atoms with Crippen LogP contribution in [0.4, 0.5) is 5.69 Å². The molecule has 1 aromatic heterocycles. The Balaban J connectivity index is 2.23. The average molecular weight is 291 g/mol. The standard InChI is InChI=1S/C15H15ClN2O2/c1-9-6-11(20-3)4-5-14(9)18-15(19)12-8-17-10(2)7-13(12)16/h4-8H,1-3H3,(H,18,19). The number of carbonyl (C=O) groups excluding carboxylic acids is 1. The molecule has 0 aliphatic carbocycles. The molecule has 0 aliphatic rings. The highest BCUT2D eigenvalue weighted by molar-refractivity contribution is 6.34. The Morgan fingerprint density at radius 2 is 2.05 bits per heavy atom. The lowest BCUT2D eigenvalue weighted by atomic mass is 10.1. The summed E-state index contributed by atoms with van der Waals surface area (Å²) in [5.74, 6) is 0.464. The fraction of sp³-hybridized carbons (Fsp3) is 0.200. The Hall–Kier alpha value is -2.07. The summed E-state index contributed by atoms with van der Waals surface area (Å²) < 4.78 is 5.13. The van der Waals surface area contributed by atoms with Gasteiger partial charge in [0.05, 0.1) is 17.7 Å². The van der Waals surface area contributed by atoms with Crippen molar-refractivity contribution in [3.8, 4) is 5.75 Å². The number of aryl methyl sites for hydroxylation is 2. The van der Waals surface area contributed by atoms with Gasteiger partial charge >= 0.3 is 0 Å². The molecule has 0 fully saturated rings. The van der Waals surface area contributed by atoms with Gasteiger partial charge in [0, 0.05) is 17.6 Å². The van der Waals surface area contributed by atoms with Crippen molar-refractivity contribution in [1.82, 2.24) is 4.98 Å². The van der Waals surface area contributed by atoms with E-state index in [1.54, 1.807) is 25.3 Å². The van der Waals surface area contributed by atoms with Crippen molar-refractivity contribution in [2.24, 2.45) is 0 Å². The molecule has 4 nitrogen and oxygen atoms in total. The van der Waals surface area contributed by atoms with E-state index in [1.165, 1.54) is 6.20 Å². The summed E-state index contributed by atoms with van der Waals surface area (Å²) in [7, 11) is 1.60. The van der Waals surface area contributed by atoms with Gasteiger partial charge in [0.2, 0.25) is 0 Å². The summed E-state index contributed by atoms with van der Waals surface area (Å²) in [6, 6.07) is 7.10. The van der Waals surface area contributed by atoms with E-state index < -0.39 is 0 Å². The minimum Gasteiger partial charge on any atom is -0.497 e. The van der Waals surface area contributed by atoms with Crippen LogP contribution in [0.3, 0.4) is 0 Å². The van der Waals surface area contributed by atoms with Gasteiger partial charge in [-0.3, -0.25) is 9.78 Å². The zero-order valence-electron chi connectivity index (χ0n) is 11.5. The highest BCUT2D eigenvalue weighted by Crippen LogP contribution is 2.23. The van der Waals surface area contributed by atoms with E-state index >= 15 is 0 Å². The first kappa shape index (κ1) is 14.3. The van der Waals surface area contributed by atoms with Crippen molar-refractivity contribution < 1.29 is 9.53 Å². The van der Waals surface area contributed by atoms with Crippen LogP contribution in [0.25, 0.3) is 0 Å². The molecule has 5 heteroatoms. The summed E-state index contributed by atoms with van der Waals surface area (Å²) in [5, 5.41) is 3.21. The lowest BCUT2D eigenvalue weighted by Crippen LogP contribution is -2.14. The number of pyridine rings is 1. The van der Waals surface area contributed by atoms with Crippen LogP contribution in [0.5, 0.6) is 5.75 Å². The number of anilines is 1. The monoisotopic (exact) mass is 290 g/mol. The van der Waals surface area contributed by atoms with Crippen molar-refractivity contribution in [1.29, 1.82) is 0 Å². The van der Waals surface area contributed by atoms with Crippen molar-refractivity contribution in [3.63, 3.8) is 0 Å². The lowest BCUT2D eigenvalue weighted by Gasteiger charge is -2.10. The number of nitrogens with one attached hydrogen (secondary N) is 1. The predicted octanol–water partition coefficient (Wildman–Crippen LogP) is 3.61. The predicted molar refractivity (Wildman–Crippen MR) is 79.7 cm³/mol. The number of hydrogen-bond donors (Lipinski definition) is 1. The molecule has 0 spiro atoms. The number of methoxy groups -OCH3 is 1. The Morgan fingerprint density at radius 1 is 1.30 bits per heavy atom. The molecule has 1 heterocycles. The third-order valence-corrected chi connectivity index (χ3v) is 3.23. The van der Waals surface area contributed by atoms with Crippen LogP contribution in [-0.2, 0) is 0 Å². The molecule has 0 saturated heterocycles. The van der Waals surface area contributed by atoms with Crippen LogP contribution >= 0.6 is 11.6 Å². The van der Waals surface area contributed by atoms with Gasteiger partial charge < -0.3 is 10.1 Å². The van der Waals surface area contributed by atoms with E-state index in [0.29, 0.717) is 16.3 Å². The maximum absolute atomic E-state index is 12.2. The van der Waals surface area contributed by atoms with Crippen LogP contribution in [0.2, 0.25) is 5.02 Å². The third-order valence-electron chi connectivity index (χ3n) is 2.92. The second-order valence-corrected chi connectivity index (χ2v) is 4.85. The molecule has 0 bridgehead atoms. The van der Waals surface area contributed by atoms with E-state index in [-0.39, 0.29) is 5.91 Å². The van der Waals surface area contributed by atoms with Crippen LogP contribution in [0.15, 0.2) is 30.5 Å². The van der Waals surface area contributed by atoms with Gasteiger partial charge in [-0.25, -0.2) is 0 Å². The smallest absolute Gasteiger partial charge is 0.258 e. The number of ether oxygens (including phenoxy) is 1. The van der Waals surface area contributed by atoms with Crippen LogP contribution in [-0.4, -0.2) is 18.0 Å². The van der Waals surface area contributed by atoms with E-state index in [4.69, 9.17) is 16.3 Å². The molecule has 0 unspecified atom stereocenters. The molecule has 104 valence electrons. The number of hydrogen-bond acceptors (Lipinski definition) is 3. The second-order valence-electron chi connectivity index (χ2n) is 4.44. The van der Waals surface area contributed by atoms with Gasteiger partial charge in [0.25, 0.3) is 5.91 Å². The van der Waals surface area contributed by atoms with Crippen LogP contribution < -0.4 is 10.1 Å². The van der Waals surface area contributed by atoms with Gasteiger partial charge in [-0.2, -0.15) is 0 Å². The number of benzene rings is 1. The number of aromatic nitrogens is 1. The average Bonchev–Trinajstić information content (AvgIpc) is 2.40. The summed E-state index contributed by atoms with van der Waals surface area (Å²) in [6.45, 7) is 3.72.